The number of nitrogens with zero attached hydrogens (tertiary/aromatic N) is 1. The molecule has 0 aromatic heterocycles. The Morgan fingerprint density at radius 3 is 2.39 bits per heavy atom. The monoisotopic (exact) mass is 404 g/mol. The maximum absolute atomic E-state index is 12.8. The lowest BCUT2D eigenvalue weighted by Gasteiger charge is -2.18. The summed E-state index contributed by atoms with van der Waals surface area (Å²) in [6.07, 6.45) is 0.174. The quantitative estimate of drug-likeness (QED) is 0.711. The average Bonchev–Trinajstić information content (AvgIpc) is 2.99. The summed E-state index contributed by atoms with van der Waals surface area (Å²) in [4.78, 5) is 25.0. The number of rotatable bonds is 7. The van der Waals surface area contributed by atoms with Crippen LogP contribution in [-0.4, -0.2) is 34.5 Å². The Morgan fingerprint density at radius 1 is 1.04 bits per heavy atom. The number of imide groups is 1. The Balaban J connectivity index is 1.96. The number of benzene rings is 2. The molecule has 0 atom stereocenters. The summed E-state index contributed by atoms with van der Waals surface area (Å²) in [6.45, 7) is 0.349. The number of amides is 2. The molecule has 1 fully saturated rings. The van der Waals surface area contributed by atoms with Gasteiger partial charge in [-0.15, -0.1) is 0 Å². The molecule has 9 heteroatoms. The summed E-state index contributed by atoms with van der Waals surface area (Å²) < 4.78 is 38.4. The second kappa shape index (κ2) is 7.99. The lowest BCUT2D eigenvalue weighted by atomic mass is 10.2. The smallest absolute Gasteiger partial charge is 0.261 e. The van der Waals surface area contributed by atoms with Crippen molar-refractivity contribution in [2.24, 2.45) is 0 Å². The third-order valence-electron chi connectivity index (χ3n) is 4.24. The highest BCUT2D eigenvalue weighted by Gasteiger charge is 2.33. The van der Waals surface area contributed by atoms with Gasteiger partial charge in [0, 0.05) is 25.6 Å². The summed E-state index contributed by atoms with van der Waals surface area (Å²) in [5.41, 5.74) is 1.30. The standard InChI is InChI=1S/C19H20N2O6S/c1-26-12-13-4-3-5-14(10-13)20-28(24,25)15-6-7-17(27-2)16(11-15)21-18(22)8-9-19(21)23/h3-7,10-11,20H,8-9,12H2,1-2H3. The van der Waals surface area contributed by atoms with Gasteiger partial charge in [-0.1, -0.05) is 12.1 Å². The van der Waals surface area contributed by atoms with E-state index >= 15 is 0 Å². The fraction of sp³-hybridized carbons (Fsp3) is 0.263. The van der Waals surface area contributed by atoms with Gasteiger partial charge >= 0.3 is 0 Å². The minimum Gasteiger partial charge on any atom is -0.495 e. The van der Waals surface area contributed by atoms with Crippen molar-refractivity contribution in [1.29, 1.82) is 0 Å². The molecule has 1 aliphatic rings. The largest absolute Gasteiger partial charge is 0.495 e. The molecule has 8 nitrogen and oxygen atoms in total. The number of ether oxygens (including phenoxy) is 2. The zero-order valence-electron chi connectivity index (χ0n) is 15.5. The van der Waals surface area contributed by atoms with Crippen LogP contribution in [0.15, 0.2) is 47.4 Å². The van der Waals surface area contributed by atoms with E-state index in [2.05, 4.69) is 4.72 Å². The molecule has 0 saturated carbocycles. The van der Waals surface area contributed by atoms with E-state index in [1.165, 1.54) is 25.3 Å². The van der Waals surface area contributed by atoms with Gasteiger partial charge in [0.1, 0.15) is 5.75 Å². The first kappa shape index (κ1) is 19.8. The molecule has 1 aliphatic heterocycles. The molecular formula is C19H20N2O6S. The van der Waals surface area contributed by atoms with E-state index in [9.17, 15) is 18.0 Å². The summed E-state index contributed by atoms with van der Waals surface area (Å²) in [6, 6.07) is 10.9. The topological polar surface area (TPSA) is 102 Å². The molecule has 1 saturated heterocycles. The van der Waals surface area contributed by atoms with Crippen molar-refractivity contribution >= 4 is 33.2 Å². The SMILES string of the molecule is COCc1cccc(NS(=O)(=O)c2ccc(OC)c(N3C(=O)CCC3=O)c2)c1. The first-order valence-electron chi connectivity index (χ1n) is 8.50. The Labute approximate surface area is 163 Å². The molecule has 0 unspecified atom stereocenters. The van der Waals surface area contributed by atoms with E-state index in [1.54, 1.807) is 25.3 Å². The number of carbonyl (C=O) groups excluding carboxylic acids is 2. The molecule has 148 valence electrons. The summed E-state index contributed by atoms with van der Waals surface area (Å²) in [5, 5.41) is 0. The van der Waals surface area contributed by atoms with E-state index in [-0.39, 0.29) is 29.2 Å². The molecule has 0 spiro atoms. The van der Waals surface area contributed by atoms with E-state index in [1.807, 2.05) is 6.07 Å². The zero-order valence-corrected chi connectivity index (χ0v) is 16.3. The Morgan fingerprint density at radius 2 is 1.75 bits per heavy atom. The van der Waals surface area contributed by atoms with Crippen LogP contribution >= 0.6 is 0 Å². The lowest BCUT2D eigenvalue weighted by Crippen LogP contribution is -2.29. The van der Waals surface area contributed by atoms with Crippen LogP contribution in [0.1, 0.15) is 18.4 Å². The van der Waals surface area contributed by atoms with Gasteiger partial charge in [-0.25, -0.2) is 13.3 Å². The molecule has 1 N–H and O–H groups in total. The molecule has 0 radical (unpaired) electrons. The van der Waals surface area contributed by atoms with Gasteiger partial charge in [-0.05, 0) is 35.9 Å². The van der Waals surface area contributed by atoms with Crippen molar-refractivity contribution in [3.05, 3.63) is 48.0 Å². The summed E-state index contributed by atoms with van der Waals surface area (Å²) in [5.74, 6) is -0.541. The minimum absolute atomic E-state index is 0.0868. The third-order valence-corrected chi connectivity index (χ3v) is 5.62. The second-order valence-electron chi connectivity index (χ2n) is 6.20. The van der Waals surface area contributed by atoms with Gasteiger partial charge in [-0.2, -0.15) is 0 Å². The number of nitrogens with one attached hydrogen (secondary N) is 1. The average molecular weight is 404 g/mol. The van der Waals surface area contributed by atoms with E-state index in [0.717, 1.165) is 10.5 Å². The van der Waals surface area contributed by atoms with Crippen molar-refractivity contribution in [1.82, 2.24) is 0 Å². The number of carbonyl (C=O) groups is 2. The lowest BCUT2D eigenvalue weighted by molar-refractivity contribution is -0.121. The molecule has 28 heavy (non-hydrogen) atoms. The van der Waals surface area contributed by atoms with Gasteiger partial charge in [0.2, 0.25) is 11.8 Å². The van der Waals surface area contributed by atoms with Gasteiger partial charge in [0.05, 0.1) is 24.3 Å². The Kier molecular flexibility index (Phi) is 5.66. The van der Waals surface area contributed by atoms with E-state index < -0.39 is 21.8 Å². The van der Waals surface area contributed by atoms with Gasteiger partial charge in [-0.3, -0.25) is 14.3 Å². The fourth-order valence-electron chi connectivity index (χ4n) is 2.96. The van der Waals surface area contributed by atoms with Crippen molar-refractivity contribution in [3.8, 4) is 5.75 Å². The molecule has 0 bridgehead atoms. The first-order valence-corrected chi connectivity index (χ1v) is 9.98. The molecule has 2 aromatic carbocycles. The maximum atomic E-state index is 12.8. The van der Waals surface area contributed by atoms with E-state index in [0.29, 0.717) is 12.3 Å². The molecule has 1 heterocycles. The Hall–Kier alpha value is -2.91. The van der Waals surface area contributed by atoms with Crippen LogP contribution in [-0.2, 0) is 31.0 Å². The van der Waals surface area contributed by atoms with E-state index in [4.69, 9.17) is 9.47 Å². The predicted octanol–water partition coefficient (Wildman–Crippen LogP) is 2.30. The second-order valence-corrected chi connectivity index (χ2v) is 7.88. The maximum Gasteiger partial charge on any atom is 0.261 e. The van der Waals surface area contributed by atoms with Crippen molar-refractivity contribution < 1.29 is 27.5 Å². The number of hydrogen-bond acceptors (Lipinski definition) is 6. The van der Waals surface area contributed by atoms with Crippen LogP contribution in [0.25, 0.3) is 0 Å². The zero-order chi connectivity index (χ0) is 20.3. The fourth-order valence-corrected chi connectivity index (χ4v) is 4.03. The highest BCUT2D eigenvalue weighted by Crippen LogP contribution is 2.34. The van der Waals surface area contributed by atoms with Crippen molar-refractivity contribution in [2.75, 3.05) is 23.8 Å². The van der Waals surface area contributed by atoms with Crippen LogP contribution in [0, 0.1) is 0 Å². The third kappa shape index (κ3) is 4.00. The van der Waals surface area contributed by atoms with Crippen LogP contribution in [0.2, 0.25) is 0 Å². The van der Waals surface area contributed by atoms with Gasteiger partial charge < -0.3 is 9.47 Å². The number of methoxy groups -OCH3 is 2. The number of hydrogen-bond donors (Lipinski definition) is 1. The van der Waals surface area contributed by atoms with Crippen molar-refractivity contribution in [3.63, 3.8) is 0 Å². The predicted molar refractivity (Wildman–Crippen MR) is 103 cm³/mol. The van der Waals surface area contributed by atoms with Crippen molar-refractivity contribution in [2.45, 2.75) is 24.3 Å². The summed E-state index contributed by atoms with van der Waals surface area (Å²) >= 11 is 0. The van der Waals surface area contributed by atoms with Crippen LogP contribution < -0.4 is 14.4 Å². The van der Waals surface area contributed by atoms with Gasteiger partial charge in [0.25, 0.3) is 10.0 Å². The van der Waals surface area contributed by atoms with Crippen LogP contribution in [0.3, 0.4) is 0 Å². The number of anilines is 2. The Bertz CT molecular complexity index is 1000. The molecule has 2 aromatic rings. The van der Waals surface area contributed by atoms with Gasteiger partial charge in [0.15, 0.2) is 0 Å². The normalized spacial score (nSPS) is 14.4. The first-order chi connectivity index (χ1) is 13.4. The molecular weight excluding hydrogens is 384 g/mol. The molecule has 0 aliphatic carbocycles. The molecule has 2 amide bonds. The summed E-state index contributed by atoms with van der Waals surface area (Å²) in [7, 11) is -1.01. The van der Waals surface area contributed by atoms with Crippen LogP contribution in [0.5, 0.6) is 5.75 Å². The number of sulfonamides is 1. The highest BCUT2D eigenvalue weighted by atomic mass is 32.2. The minimum atomic E-state index is -3.95. The highest BCUT2D eigenvalue weighted by molar-refractivity contribution is 7.92. The molecule has 3 rings (SSSR count). The van der Waals surface area contributed by atoms with Crippen LogP contribution in [0.4, 0.5) is 11.4 Å².